The van der Waals surface area contributed by atoms with Crippen molar-refractivity contribution in [2.24, 2.45) is 0 Å². The third-order valence-electron chi connectivity index (χ3n) is 4.06. The topological polar surface area (TPSA) is 71.2 Å². The van der Waals surface area contributed by atoms with Gasteiger partial charge in [-0.1, -0.05) is 23.7 Å². The lowest BCUT2D eigenvalue weighted by Gasteiger charge is -2.14. The Labute approximate surface area is 149 Å². The summed E-state index contributed by atoms with van der Waals surface area (Å²) >= 11 is 5.98. The van der Waals surface area contributed by atoms with Crippen molar-refractivity contribution in [3.05, 3.63) is 64.8 Å². The molecule has 0 aliphatic heterocycles. The van der Waals surface area contributed by atoms with Crippen LogP contribution in [0.25, 0.3) is 10.9 Å². The molecule has 1 aromatic heterocycles. The van der Waals surface area contributed by atoms with Crippen molar-refractivity contribution >= 4 is 34.2 Å². The van der Waals surface area contributed by atoms with Gasteiger partial charge in [-0.3, -0.25) is 9.59 Å². The van der Waals surface area contributed by atoms with Crippen LogP contribution in [0.3, 0.4) is 0 Å². The van der Waals surface area contributed by atoms with Crippen molar-refractivity contribution in [1.29, 1.82) is 0 Å². The van der Waals surface area contributed by atoms with Crippen LogP contribution in [0.1, 0.15) is 28.9 Å². The molecule has 1 atom stereocenters. The van der Waals surface area contributed by atoms with Crippen LogP contribution in [-0.2, 0) is 4.79 Å². The van der Waals surface area contributed by atoms with Crippen molar-refractivity contribution in [2.75, 3.05) is 7.11 Å². The van der Waals surface area contributed by atoms with Crippen LogP contribution in [0, 0.1) is 0 Å². The van der Waals surface area contributed by atoms with E-state index < -0.39 is 11.7 Å². The minimum absolute atomic E-state index is 0.303. The number of amides is 1. The Morgan fingerprint density at radius 1 is 1.16 bits per heavy atom. The molecular formula is C19H17ClN2O3. The Balaban J connectivity index is 1.77. The SMILES string of the molecule is COc1ccc(C(C)NC(=O)C(=O)c2c[nH]c3ccc(Cl)cc23)cc1. The summed E-state index contributed by atoms with van der Waals surface area (Å²) in [6.45, 7) is 1.82. The van der Waals surface area contributed by atoms with E-state index >= 15 is 0 Å². The highest BCUT2D eigenvalue weighted by Crippen LogP contribution is 2.23. The van der Waals surface area contributed by atoms with Crippen LogP contribution in [0.15, 0.2) is 48.7 Å². The number of H-pyrrole nitrogens is 1. The monoisotopic (exact) mass is 356 g/mol. The van der Waals surface area contributed by atoms with Crippen LogP contribution in [0.2, 0.25) is 5.02 Å². The molecule has 1 amide bonds. The molecule has 0 radical (unpaired) electrons. The molecule has 25 heavy (non-hydrogen) atoms. The number of benzene rings is 2. The van der Waals surface area contributed by atoms with E-state index in [4.69, 9.17) is 16.3 Å². The predicted molar refractivity (Wildman–Crippen MR) is 97.2 cm³/mol. The summed E-state index contributed by atoms with van der Waals surface area (Å²) in [4.78, 5) is 27.8. The third-order valence-corrected chi connectivity index (χ3v) is 4.29. The lowest BCUT2D eigenvalue weighted by Crippen LogP contribution is -2.33. The molecule has 0 bridgehead atoms. The molecule has 2 aromatic carbocycles. The summed E-state index contributed by atoms with van der Waals surface area (Å²) in [7, 11) is 1.59. The first-order chi connectivity index (χ1) is 12.0. The second-order valence-corrected chi connectivity index (χ2v) is 6.13. The van der Waals surface area contributed by atoms with Gasteiger partial charge >= 0.3 is 0 Å². The summed E-state index contributed by atoms with van der Waals surface area (Å²) in [6, 6.07) is 12.2. The average Bonchev–Trinajstić information content (AvgIpc) is 3.03. The quantitative estimate of drug-likeness (QED) is 0.538. The largest absolute Gasteiger partial charge is 0.497 e. The highest BCUT2D eigenvalue weighted by molar-refractivity contribution is 6.45. The molecule has 0 fully saturated rings. The molecule has 3 rings (SSSR count). The normalized spacial score (nSPS) is 12.0. The zero-order valence-corrected chi connectivity index (χ0v) is 14.6. The van der Waals surface area contributed by atoms with E-state index in [9.17, 15) is 9.59 Å². The Morgan fingerprint density at radius 2 is 1.88 bits per heavy atom. The summed E-state index contributed by atoms with van der Waals surface area (Å²) in [5, 5.41) is 3.86. The molecule has 2 N–H and O–H groups in total. The molecule has 1 heterocycles. The highest BCUT2D eigenvalue weighted by Gasteiger charge is 2.22. The number of carbonyl (C=O) groups is 2. The number of Topliss-reactive ketones (excluding diaryl/α,β-unsaturated/α-hetero) is 1. The van der Waals surface area contributed by atoms with Crippen LogP contribution < -0.4 is 10.1 Å². The molecule has 128 valence electrons. The van der Waals surface area contributed by atoms with Gasteiger partial charge in [0.2, 0.25) is 0 Å². The maximum Gasteiger partial charge on any atom is 0.292 e. The molecule has 5 nitrogen and oxygen atoms in total. The van der Waals surface area contributed by atoms with Gasteiger partial charge in [-0.15, -0.1) is 0 Å². The Bertz CT molecular complexity index is 931. The van der Waals surface area contributed by atoms with Crippen molar-refractivity contribution in [1.82, 2.24) is 10.3 Å². The van der Waals surface area contributed by atoms with Crippen LogP contribution in [-0.4, -0.2) is 23.8 Å². The van der Waals surface area contributed by atoms with Crippen LogP contribution in [0.5, 0.6) is 5.75 Å². The van der Waals surface area contributed by atoms with E-state index in [0.717, 1.165) is 16.8 Å². The fourth-order valence-electron chi connectivity index (χ4n) is 2.64. The molecule has 0 aliphatic rings. The Morgan fingerprint density at radius 3 is 2.56 bits per heavy atom. The van der Waals surface area contributed by atoms with Gasteiger partial charge in [-0.25, -0.2) is 0 Å². The molecule has 1 unspecified atom stereocenters. The summed E-state index contributed by atoms with van der Waals surface area (Å²) in [5.41, 5.74) is 1.93. The van der Waals surface area contributed by atoms with E-state index in [2.05, 4.69) is 10.3 Å². The predicted octanol–water partition coefficient (Wildman–Crippen LogP) is 3.89. The number of halogens is 1. The van der Waals surface area contributed by atoms with Crippen LogP contribution >= 0.6 is 11.6 Å². The van der Waals surface area contributed by atoms with E-state index in [0.29, 0.717) is 16.0 Å². The number of fused-ring (bicyclic) bond motifs is 1. The minimum Gasteiger partial charge on any atom is -0.497 e. The van der Waals surface area contributed by atoms with E-state index in [1.54, 1.807) is 25.3 Å². The van der Waals surface area contributed by atoms with Crippen molar-refractivity contribution < 1.29 is 14.3 Å². The van der Waals surface area contributed by atoms with Gasteiger partial charge in [0.15, 0.2) is 0 Å². The number of hydrogen-bond donors (Lipinski definition) is 2. The Hall–Kier alpha value is -2.79. The van der Waals surface area contributed by atoms with E-state index in [1.165, 1.54) is 6.20 Å². The number of ether oxygens (including phenoxy) is 1. The first-order valence-electron chi connectivity index (χ1n) is 7.75. The van der Waals surface area contributed by atoms with Gasteiger partial charge in [0.05, 0.1) is 18.7 Å². The first-order valence-corrected chi connectivity index (χ1v) is 8.13. The molecular weight excluding hydrogens is 340 g/mol. The zero-order chi connectivity index (χ0) is 18.0. The van der Waals surface area contributed by atoms with Crippen molar-refractivity contribution in [3.63, 3.8) is 0 Å². The Kier molecular flexibility index (Phi) is 4.76. The zero-order valence-electron chi connectivity index (χ0n) is 13.8. The van der Waals surface area contributed by atoms with Gasteiger partial charge in [0.1, 0.15) is 5.75 Å². The van der Waals surface area contributed by atoms with Gasteiger partial charge in [-0.2, -0.15) is 0 Å². The molecule has 0 saturated heterocycles. The van der Waals surface area contributed by atoms with Crippen molar-refractivity contribution in [3.8, 4) is 5.75 Å². The lowest BCUT2D eigenvalue weighted by molar-refractivity contribution is -0.117. The second kappa shape index (κ2) is 6.99. The fraction of sp³-hybridized carbons (Fsp3) is 0.158. The molecule has 0 aliphatic carbocycles. The van der Waals surface area contributed by atoms with Crippen LogP contribution in [0.4, 0.5) is 0 Å². The number of nitrogens with one attached hydrogen (secondary N) is 2. The molecule has 3 aromatic rings. The van der Waals surface area contributed by atoms with Gasteiger partial charge in [-0.05, 0) is 42.8 Å². The number of hydrogen-bond acceptors (Lipinski definition) is 3. The second-order valence-electron chi connectivity index (χ2n) is 5.69. The minimum atomic E-state index is -0.663. The number of aromatic nitrogens is 1. The lowest BCUT2D eigenvalue weighted by atomic mass is 10.1. The maximum atomic E-state index is 12.5. The molecule has 0 spiro atoms. The molecule has 6 heteroatoms. The van der Waals surface area contributed by atoms with Gasteiger partial charge in [0.25, 0.3) is 11.7 Å². The summed E-state index contributed by atoms with van der Waals surface area (Å²) in [5.74, 6) is -0.535. The van der Waals surface area contributed by atoms with Gasteiger partial charge < -0.3 is 15.0 Å². The number of ketones is 1. The van der Waals surface area contributed by atoms with Gasteiger partial charge in [0, 0.05) is 22.1 Å². The number of methoxy groups -OCH3 is 1. The summed E-state index contributed by atoms with van der Waals surface area (Å²) in [6.07, 6.45) is 1.53. The fourth-order valence-corrected chi connectivity index (χ4v) is 2.81. The summed E-state index contributed by atoms with van der Waals surface area (Å²) < 4.78 is 5.11. The van der Waals surface area contributed by atoms with E-state index in [-0.39, 0.29) is 6.04 Å². The number of carbonyl (C=O) groups excluding carboxylic acids is 2. The number of aromatic amines is 1. The number of rotatable bonds is 5. The highest BCUT2D eigenvalue weighted by atomic mass is 35.5. The standard InChI is InChI=1S/C19H17ClN2O3/c1-11(12-3-6-14(25-2)7-4-12)22-19(24)18(23)16-10-21-17-8-5-13(20)9-15(16)17/h3-11,21H,1-2H3,(H,22,24). The molecule has 0 saturated carbocycles. The third kappa shape index (κ3) is 3.51. The maximum absolute atomic E-state index is 12.5. The van der Waals surface area contributed by atoms with E-state index in [1.807, 2.05) is 31.2 Å². The van der Waals surface area contributed by atoms with Crippen molar-refractivity contribution in [2.45, 2.75) is 13.0 Å². The first kappa shape index (κ1) is 17.0. The smallest absolute Gasteiger partial charge is 0.292 e. The average molecular weight is 357 g/mol.